The molecule has 3 fully saturated rings. The quantitative estimate of drug-likeness (QED) is 0.0984. The zero-order valence-electron chi connectivity index (χ0n) is 37.6. The Bertz CT molecular complexity index is 2190. The second kappa shape index (κ2) is 20.0. The standard InChI is InChI=1S/C49H61N3O11/c1-11-38-49(8)44(51-48(57)63-49)30(5)39(53)28(3)41(58-23-17-18-33-25-35-21-15-16-22-36(35)50-26-33)32(7)42(29(4)40(54)31(6)45(55)60-38)62-47-43(37(52(9)10)24-27(2)59-47)61-46(56)34-19-13-12-14-20-34/h12-22,25-30,32,37-38,41-44,47H,6,11,23-24H2,1-5,7-10H3,(H,51,57)/b18-17+/t27-,28+,29+,30-,32-,37+,38+,41+,42-,43-,44?,47+,49-/m1/s1. The number of ether oxygens (including phenoxy) is 6. The number of para-hydroxylation sites is 1. The fourth-order valence-electron chi connectivity index (χ4n) is 9.37. The van der Waals surface area contributed by atoms with Gasteiger partial charge in [0, 0.05) is 35.3 Å². The number of amides is 1. The first-order valence-corrected chi connectivity index (χ1v) is 21.8. The monoisotopic (exact) mass is 867 g/mol. The molecule has 1 aromatic heterocycles. The molecule has 1 amide bonds. The smallest absolute Gasteiger partial charge is 0.408 e. The van der Waals surface area contributed by atoms with Crippen molar-refractivity contribution in [2.24, 2.45) is 23.7 Å². The van der Waals surface area contributed by atoms with E-state index in [0.717, 1.165) is 16.5 Å². The number of carbonyl (C=O) groups excluding carboxylic acids is 5. The van der Waals surface area contributed by atoms with Crippen LogP contribution in [0.15, 0.2) is 85.1 Å². The lowest BCUT2D eigenvalue weighted by Crippen LogP contribution is -2.59. The van der Waals surface area contributed by atoms with Crippen LogP contribution in [0.5, 0.6) is 0 Å². The minimum absolute atomic E-state index is 0.0534. The number of nitrogens with zero attached hydrogens (tertiary/aromatic N) is 2. The summed E-state index contributed by atoms with van der Waals surface area (Å²) in [6.45, 7) is 16.1. The van der Waals surface area contributed by atoms with Crippen LogP contribution in [0.4, 0.5) is 4.79 Å². The summed E-state index contributed by atoms with van der Waals surface area (Å²) >= 11 is 0. The van der Waals surface area contributed by atoms with Gasteiger partial charge in [0.2, 0.25) is 0 Å². The number of fused-ring (bicyclic) bond motifs is 2. The molecular weight excluding hydrogens is 807 g/mol. The number of esters is 2. The van der Waals surface area contributed by atoms with Crippen molar-refractivity contribution in [3.05, 3.63) is 96.2 Å². The fourth-order valence-corrected chi connectivity index (χ4v) is 9.37. The molecule has 6 rings (SSSR count). The first-order chi connectivity index (χ1) is 29.9. The van der Waals surface area contributed by atoms with Crippen molar-refractivity contribution in [1.29, 1.82) is 0 Å². The van der Waals surface area contributed by atoms with Crippen molar-refractivity contribution in [2.75, 3.05) is 20.7 Å². The van der Waals surface area contributed by atoms with Crippen LogP contribution in [0.2, 0.25) is 0 Å². The molecule has 3 saturated heterocycles. The summed E-state index contributed by atoms with van der Waals surface area (Å²) in [6.07, 6.45) is -0.178. The van der Waals surface area contributed by atoms with E-state index < -0.39 is 95.4 Å². The molecule has 0 saturated carbocycles. The summed E-state index contributed by atoms with van der Waals surface area (Å²) in [6, 6.07) is 17.1. The molecule has 2 aromatic carbocycles. The first kappa shape index (κ1) is 47.2. The highest BCUT2D eigenvalue weighted by Crippen LogP contribution is 2.39. The Balaban J connectivity index is 1.41. The second-order valence-corrected chi connectivity index (χ2v) is 17.5. The van der Waals surface area contributed by atoms with Gasteiger partial charge < -0.3 is 38.6 Å². The second-order valence-electron chi connectivity index (χ2n) is 17.5. The highest BCUT2D eigenvalue weighted by atomic mass is 16.7. The minimum Gasteiger partial charge on any atom is -0.454 e. The summed E-state index contributed by atoms with van der Waals surface area (Å²) < 4.78 is 38.0. The number of hydrogen-bond acceptors (Lipinski definition) is 13. The van der Waals surface area contributed by atoms with Gasteiger partial charge in [0.05, 0.1) is 53.7 Å². The summed E-state index contributed by atoms with van der Waals surface area (Å²) in [5.41, 5.74) is 0.141. The zero-order chi connectivity index (χ0) is 45.7. The predicted molar refractivity (Wildman–Crippen MR) is 235 cm³/mol. The Morgan fingerprint density at radius 2 is 1.65 bits per heavy atom. The molecule has 0 bridgehead atoms. The number of alkyl carbamates (subject to hydrolysis) is 1. The number of pyridine rings is 1. The lowest BCUT2D eigenvalue weighted by molar-refractivity contribution is -0.281. The molecule has 1 unspecified atom stereocenters. The van der Waals surface area contributed by atoms with Crippen LogP contribution in [0.1, 0.15) is 77.2 Å². The molecule has 0 spiro atoms. The Kier molecular flexibility index (Phi) is 15.0. The SMILES string of the molecule is C=C1C(=O)O[C@@H](CC)[C@@]2(C)OC(=O)NC2[C@H](C)C(=O)[C@H](C)[C@H](OC/C=C/c2cnc3ccccc3c2)[C@@H](C)[C@H](O[C@@H]2O[C@H](C)C[C@H](N(C)C)[C@H]2OC(=O)c2ccccc2)[C@@H](C)C1=O. The summed E-state index contributed by atoms with van der Waals surface area (Å²) in [4.78, 5) is 76.3. The molecule has 1 N–H and O–H groups in total. The molecule has 14 heteroatoms. The van der Waals surface area contributed by atoms with E-state index >= 15 is 0 Å². The van der Waals surface area contributed by atoms with E-state index in [-0.39, 0.29) is 31.0 Å². The maximum Gasteiger partial charge on any atom is 0.408 e. The van der Waals surface area contributed by atoms with E-state index in [2.05, 4.69) is 16.9 Å². The largest absolute Gasteiger partial charge is 0.454 e. The normalized spacial score (nSPS) is 33.4. The molecular formula is C49H61N3O11. The van der Waals surface area contributed by atoms with E-state index in [9.17, 15) is 24.0 Å². The minimum atomic E-state index is -1.47. The summed E-state index contributed by atoms with van der Waals surface area (Å²) in [7, 11) is 3.75. The summed E-state index contributed by atoms with van der Waals surface area (Å²) in [5, 5.41) is 3.77. The van der Waals surface area contributed by atoms with Crippen molar-refractivity contribution >= 4 is 46.6 Å². The first-order valence-electron chi connectivity index (χ1n) is 21.8. The maximum atomic E-state index is 14.8. The van der Waals surface area contributed by atoms with Crippen molar-refractivity contribution in [2.45, 2.75) is 116 Å². The fraction of sp³-hybridized carbons (Fsp3) is 0.510. The molecule has 338 valence electrons. The number of rotatable bonds is 10. The average Bonchev–Trinajstić information content (AvgIpc) is 3.59. The Labute approximate surface area is 369 Å². The van der Waals surface area contributed by atoms with Gasteiger partial charge in [0.15, 0.2) is 23.8 Å². The Morgan fingerprint density at radius 1 is 0.952 bits per heavy atom. The van der Waals surface area contributed by atoms with Gasteiger partial charge in [-0.2, -0.15) is 0 Å². The summed E-state index contributed by atoms with van der Waals surface area (Å²) in [5.74, 6) is -6.06. The van der Waals surface area contributed by atoms with Crippen LogP contribution in [0.3, 0.4) is 0 Å². The van der Waals surface area contributed by atoms with Gasteiger partial charge in [0.1, 0.15) is 11.9 Å². The van der Waals surface area contributed by atoms with Crippen LogP contribution in [0, 0.1) is 23.7 Å². The third-order valence-corrected chi connectivity index (χ3v) is 12.9. The molecule has 63 heavy (non-hydrogen) atoms. The lowest BCUT2D eigenvalue weighted by Gasteiger charge is -2.46. The molecule has 4 heterocycles. The number of Topliss-reactive ketones (excluding diaryl/α,β-unsaturated/α-hetero) is 2. The van der Waals surface area contributed by atoms with E-state index in [1.807, 2.05) is 75.3 Å². The number of hydrogen-bond donors (Lipinski definition) is 1. The number of likely N-dealkylation sites (N-methyl/N-ethyl adjacent to an activating group) is 1. The van der Waals surface area contributed by atoms with Crippen molar-refractivity contribution in [1.82, 2.24) is 15.2 Å². The van der Waals surface area contributed by atoms with E-state index in [1.165, 1.54) is 0 Å². The van der Waals surface area contributed by atoms with Crippen molar-refractivity contribution in [3.63, 3.8) is 0 Å². The number of carbonyl (C=O) groups is 5. The van der Waals surface area contributed by atoms with Gasteiger partial charge in [-0.1, -0.05) is 89.7 Å². The Hall–Kier alpha value is -5.28. The Morgan fingerprint density at radius 3 is 2.35 bits per heavy atom. The third-order valence-electron chi connectivity index (χ3n) is 12.9. The number of cyclic esters (lactones) is 1. The maximum absolute atomic E-state index is 14.8. The number of nitrogens with one attached hydrogen (secondary N) is 1. The van der Waals surface area contributed by atoms with Crippen LogP contribution >= 0.6 is 0 Å². The van der Waals surface area contributed by atoms with Gasteiger partial charge in [-0.05, 0) is 70.6 Å². The molecule has 3 aliphatic rings. The average molecular weight is 868 g/mol. The highest BCUT2D eigenvalue weighted by Gasteiger charge is 2.57. The van der Waals surface area contributed by atoms with Crippen molar-refractivity contribution < 1.29 is 52.4 Å². The van der Waals surface area contributed by atoms with Gasteiger partial charge in [-0.15, -0.1) is 0 Å². The van der Waals surface area contributed by atoms with E-state index in [1.54, 1.807) is 71.1 Å². The van der Waals surface area contributed by atoms with Crippen LogP contribution in [0.25, 0.3) is 17.0 Å². The number of aromatic nitrogens is 1. The molecule has 14 nitrogen and oxygen atoms in total. The highest BCUT2D eigenvalue weighted by molar-refractivity contribution is 6.17. The van der Waals surface area contributed by atoms with Gasteiger partial charge in [-0.25, -0.2) is 14.4 Å². The molecule has 3 aromatic rings. The van der Waals surface area contributed by atoms with Crippen LogP contribution in [-0.2, 0) is 42.8 Å². The zero-order valence-corrected chi connectivity index (χ0v) is 37.6. The topological polar surface area (TPSA) is 169 Å². The molecule has 3 aliphatic heterocycles. The van der Waals surface area contributed by atoms with E-state index in [4.69, 9.17) is 28.4 Å². The molecule has 0 aliphatic carbocycles. The predicted octanol–water partition coefficient (Wildman–Crippen LogP) is 6.75. The van der Waals surface area contributed by atoms with Gasteiger partial charge in [0.25, 0.3) is 0 Å². The van der Waals surface area contributed by atoms with Crippen LogP contribution in [-0.4, -0.2) is 115 Å². The van der Waals surface area contributed by atoms with Crippen molar-refractivity contribution in [3.8, 4) is 0 Å². The van der Waals surface area contributed by atoms with Gasteiger partial charge >= 0.3 is 18.0 Å². The number of ketones is 2. The van der Waals surface area contributed by atoms with E-state index in [0.29, 0.717) is 12.0 Å². The number of benzene rings is 2. The molecule has 13 atom stereocenters. The van der Waals surface area contributed by atoms with Crippen LogP contribution < -0.4 is 5.32 Å². The lowest BCUT2D eigenvalue weighted by atomic mass is 9.74. The van der Waals surface area contributed by atoms with Gasteiger partial charge in [-0.3, -0.25) is 14.6 Å². The third kappa shape index (κ3) is 10.3. The molecule has 0 radical (unpaired) electrons.